The van der Waals surface area contributed by atoms with Crippen LogP contribution in [0.5, 0.6) is 17.2 Å². The highest BCUT2D eigenvalue weighted by atomic mass is 19.1. The van der Waals surface area contributed by atoms with Crippen molar-refractivity contribution in [1.82, 2.24) is 9.88 Å². The van der Waals surface area contributed by atoms with E-state index >= 15 is 0 Å². The van der Waals surface area contributed by atoms with Crippen molar-refractivity contribution < 1.29 is 13.9 Å². The van der Waals surface area contributed by atoms with Gasteiger partial charge in [0.05, 0.1) is 5.52 Å². The van der Waals surface area contributed by atoms with Gasteiger partial charge < -0.3 is 19.4 Å². The van der Waals surface area contributed by atoms with Crippen molar-refractivity contribution >= 4 is 21.8 Å². The fraction of sp³-hybridized carbons (Fsp3) is 0.182. The number of para-hydroxylation sites is 1. The van der Waals surface area contributed by atoms with Crippen molar-refractivity contribution in [2.45, 2.75) is 0 Å². The van der Waals surface area contributed by atoms with Crippen LogP contribution in [0.4, 0.5) is 4.39 Å². The number of hydrogen-bond donors (Lipinski definition) is 1. The third kappa shape index (κ3) is 3.73. The average Bonchev–Trinajstić information content (AvgIpc) is 3.00. The summed E-state index contributed by atoms with van der Waals surface area (Å²) in [5.74, 6) is 1.81. The first-order valence-electron chi connectivity index (χ1n) is 8.85. The summed E-state index contributed by atoms with van der Waals surface area (Å²) in [6.07, 6.45) is 0. The molecule has 0 amide bonds. The highest BCUT2D eigenvalue weighted by molar-refractivity contribution is 6.09. The first-order valence-corrected chi connectivity index (χ1v) is 8.85. The Morgan fingerprint density at radius 1 is 0.926 bits per heavy atom. The molecule has 0 aliphatic heterocycles. The molecule has 0 bridgehead atoms. The zero-order valence-electron chi connectivity index (χ0n) is 15.3. The van der Waals surface area contributed by atoms with Crippen LogP contribution in [0.25, 0.3) is 21.8 Å². The molecule has 0 aliphatic rings. The number of hydrogen-bond acceptors (Lipinski definition) is 3. The van der Waals surface area contributed by atoms with E-state index in [1.165, 1.54) is 12.1 Å². The van der Waals surface area contributed by atoms with Gasteiger partial charge in [-0.2, -0.15) is 0 Å². The number of likely N-dealkylation sites (N-methyl/N-ethyl adjacent to an activating group) is 1. The molecule has 1 aromatic heterocycles. The van der Waals surface area contributed by atoms with Gasteiger partial charge in [0.25, 0.3) is 0 Å². The zero-order valence-corrected chi connectivity index (χ0v) is 15.3. The molecule has 0 radical (unpaired) electrons. The Bertz CT molecular complexity index is 1070. The molecule has 0 saturated heterocycles. The van der Waals surface area contributed by atoms with Gasteiger partial charge in [0.15, 0.2) is 0 Å². The summed E-state index contributed by atoms with van der Waals surface area (Å²) in [6.45, 7) is 1.33. The maximum atomic E-state index is 13.8. The summed E-state index contributed by atoms with van der Waals surface area (Å²) in [5, 5.41) is 1.68. The molecule has 4 rings (SSSR count). The van der Waals surface area contributed by atoms with Crippen LogP contribution in [-0.4, -0.2) is 37.1 Å². The molecule has 0 saturated carbocycles. The standard InChI is InChI=1S/C22H21FN2O2/c1-25(2)10-11-26-21-14-17(27-16-6-4-3-5-7-16)13-19-18-12-15(23)8-9-20(18)24-22(19)21/h3-9,12-14,24H,10-11H2,1-2H3. The quantitative estimate of drug-likeness (QED) is 0.511. The van der Waals surface area contributed by atoms with Crippen LogP contribution >= 0.6 is 0 Å². The Morgan fingerprint density at radius 3 is 2.52 bits per heavy atom. The lowest BCUT2D eigenvalue weighted by molar-refractivity contribution is 0.263. The smallest absolute Gasteiger partial charge is 0.147 e. The van der Waals surface area contributed by atoms with Crippen molar-refractivity contribution in [3.05, 3.63) is 66.5 Å². The molecule has 0 aliphatic carbocycles. The van der Waals surface area contributed by atoms with Crippen LogP contribution in [0.3, 0.4) is 0 Å². The Labute approximate surface area is 157 Å². The molecular formula is C22H21FN2O2. The number of aromatic amines is 1. The summed E-state index contributed by atoms with van der Waals surface area (Å²) in [6, 6.07) is 18.1. The van der Waals surface area contributed by atoms with E-state index < -0.39 is 0 Å². The molecule has 5 heteroatoms. The number of benzene rings is 3. The average molecular weight is 364 g/mol. The molecule has 0 unspecified atom stereocenters. The largest absolute Gasteiger partial charge is 0.490 e. The van der Waals surface area contributed by atoms with E-state index in [2.05, 4.69) is 9.88 Å². The number of nitrogens with zero attached hydrogens (tertiary/aromatic N) is 1. The summed E-state index contributed by atoms with van der Waals surface area (Å²) < 4.78 is 25.8. The summed E-state index contributed by atoms with van der Waals surface area (Å²) >= 11 is 0. The minimum atomic E-state index is -0.271. The molecule has 4 nitrogen and oxygen atoms in total. The predicted molar refractivity (Wildman–Crippen MR) is 106 cm³/mol. The van der Waals surface area contributed by atoms with E-state index in [1.54, 1.807) is 6.07 Å². The maximum absolute atomic E-state index is 13.8. The summed E-state index contributed by atoms with van der Waals surface area (Å²) in [7, 11) is 4.00. The predicted octanol–water partition coefficient (Wildman–Crippen LogP) is 5.19. The van der Waals surface area contributed by atoms with Gasteiger partial charge in [0, 0.05) is 28.9 Å². The third-order valence-electron chi connectivity index (χ3n) is 4.38. The van der Waals surface area contributed by atoms with Gasteiger partial charge in [-0.3, -0.25) is 0 Å². The Kier molecular flexibility index (Phi) is 4.69. The molecule has 4 aromatic rings. The topological polar surface area (TPSA) is 37.5 Å². The Morgan fingerprint density at radius 2 is 1.74 bits per heavy atom. The molecular weight excluding hydrogens is 343 g/mol. The number of aromatic nitrogens is 1. The first kappa shape index (κ1) is 17.4. The minimum absolute atomic E-state index is 0.271. The van der Waals surface area contributed by atoms with E-state index in [4.69, 9.17) is 9.47 Å². The monoisotopic (exact) mass is 364 g/mol. The van der Waals surface area contributed by atoms with Gasteiger partial charge in [-0.15, -0.1) is 0 Å². The molecule has 3 aromatic carbocycles. The second-order valence-electron chi connectivity index (χ2n) is 6.73. The number of nitrogens with one attached hydrogen (secondary N) is 1. The van der Waals surface area contributed by atoms with Crippen LogP contribution in [0.15, 0.2) is 60.7 Å². The minimum Gasteiger partial charge on any atom is -0.490 e. The van der Waals surface area contributed by atoms with Gasteiger partial charge >= 0.3 is 0 Å². The SMILES string of the molecule is CN(C)CCOc1cc(Oc2ccccc2)cc2c1[nH]c1ccc(F)cc12. The van der Waals surface area contributed by atoms with Gasteiger partial charge in [-0.1, -0.05) is 18.2 Å². The highest BCUT2D eigenvalue weighted by Gasteiger charge is 2.13. The second-order valence-corrected chi connectivity index (χ2v) is 6.73. The molecule has 1 N–H and O–H groups in total. The highest BCUT2D eigenvalue weighted by Crippen LogP contribution is 2.37. The van der Waals surface area contributed by atoms with Crippen LogP contribution in [0.2, 0.25) is 0 Å². The van der Waals surface area contributed by atoms with Gasteiger partial charge in [0.2, 0.25) is 0 Å². The fourth-order valence-electron chi connectivity index (χ4n) is 3.05. The number of H-pyrrole nitrogens is 1. The van der Waals surface area contributed by atoms with E-state index in [9.17, 15) is 4.39 Å². The van der Waals surface area contributed by atoms with Gasteiger partial charge in [-0.25, -0.2) is 4.39 Å². The van der Waals surface area contributed by atoms with E-state index in [1.807, 2.05) is 56.6 Å². The Balaban J connectivity index is 1.80. The molecule has 27 heavy (non-hydrogen) atoms. The summed E-state index contributed by atoms with van der Waals surface area (Å²) in [4.78, 5) is 5.40. The maximum Gasteiger partial charge on any atom is 0.147 e. The lowest BCUT2D eigenvalue weighted by Gasteiger charge is -2.13. The lowest BCUT2D eigenvalue weighted by Crippen LogP contribution is -2.19. The number of halogens is 1. The number of fused-ring (bicyclic) bond motifs is 3. The van der Waals surface area contributed by atoms with Gasteiger partial charge in [-0.05, 0) is 50.5 Å². The number of ether oxygens (including phenoxy) is 2. The third-order valence-corrected chi connectivity index (χ3v) is 4.38. The molecule has 0 spiro atoms. The van der Waals surface area contributed by atoms with Crippen LogP contribution < -0.4 is 9.47 Å². The fourth-order valence-corrected chi connectivity index (χ4v) is 3.05. The van der Waals surface area contributed by atoms with Crippen LogP contribution in [0, 0.1) is 5.82 Å². The van der Waals surface area contributed by atoms with E-state index in [0.29, 0.717) is 18.1 Å². The normalized spacial score (nSPS) is 11.4. The summed E-state index contributed by atoms with van der Waals surface area (Å²) in [5.41, 5.74) is 1.70. The van der Waals surface area contributed by atoms with Crippen molar-refractivity contribution in [2.75, 3.05) is 27.2 Å². The molecule has 138 valence electrons. The van der Waals surface area contributed by atoms with Crippen molar-refractivity contribution in [3.8, 4) is 17.2 Å². The molecule has 0 atom stereocenters. The zero-order chi connectivity index (χ0) is 18.8. The van der Waals surface area contributed by atoms with E-state index in [-0.39, 0.29) is 5.82 Å². The molecule has 1 heterocycles. The second kappa shape index (κ2) is 7.29. The van der Waals surface area contributed by atoms with Crippen molar-refractivity contribution in [1.29, 1.82) is 0 Å². The van der Waals surface area contributed by atoms with E-state index in [0.717, 1.165) is 34.1 Å². The van der Waals surface area contributed by atoms with Crippen molar-refractivity contribution in [2.24, 2.45) is 0 Å². The van der Waals surface area contributed by atoms with Gasteiger partial charge in [0.1, 0.15) is 29.7 Å². The van der Waals surface area contributed by atoms with Crippen molar-refractivity contribution in [3.63, 3.8) is 0 Å². The first-order chi connectivity index (χ1) is 13.1. The van der Waals surface area contributed by atoms with Crippen LogP contribution in [-0.2, 0) is 0 Å². The Hall–Kier alpha value is -3.05. The molecule has 0 fully saturated rings. The van der Waals surface area contributed by atoms with Crippen LogP contribution in [0.1, 0.15) is 0 Å². The number of rotatable bonds is 6. The lowest BCUT2D eigenvalue weighted by atomic mass is 10.1.